The minimum atomic E-state index is -0.0233. The number of fused-ring (bicyclic) bond motifs is 1. The molecule has 2 saturated carbocycles. The highest BCUT2D eigenvalue weighted by atomic mass is 16.6. The average molecular weight is 378 g/mol. The lowest BCUT2D eigenvalue weighted by Gasteiger charge is -2.34. The van der Waals surface area contributed by atoms with Crippen LogP contribution in [0.1, 0.15) is 62.2 Å². The molecule has 2 fully saturated rings. The number of nitrogens with zero attached hydrogens (tertiary/aromatic N) is 1. The molecule has 0 radical (unpaired) electrons. The third kappa shape index (κ3) is 4.20. The van der Waals surface area contributed by atoms with Crippen LogP contribution in [-0.4, -0.2) is 24.1 Å². The van der Waals surface area contributed by atoms with E-state index in [-0.39, 0.29) is 6.10 Å². The Labute approximate surface area is 168 Å². The Hall–Kier alpha value is -2.00. The van der Waals surface area contributed by atoms with Crippen molar-refractivity contribution in [2.75, 3.05) is 13.2 Å². The lowest BCUT2D eigenvalue weighted by atomic mass is 9.93. The van der Waals surface area contributed by atoms with Crippen molar-refractivity contribution >= 4 is 0 Å². The third-order valence-corrected chi connectivity index (χ3v) is 6.53. The first-order valence-corrected chi connectivity index (χ1v) is 11.1. The predicted molar refractivity (Wildman–Crippen MR) is 112 cm³/mol. The van der Waals surface area contributed by atoms with Crippen LogP contribution < -0.4 is 9.47 Å². The Kier molecular flexibility index (Phi) is 5.26. The van der Waals surface area contributed by atoms with Gasteiger partial charge in [-0.1, -0.05) is 55.7 Å². The number of rotatable bonds is 6. The van der Waals surface area contributed by atoms with E-state index >= 15 is 0 Å². The first-order chi connectivity index (χ1) is 13.8. The van der Waals surface area contributed by atoms with Crippen molar-refractivity contribution in [3.8, 4) is 11.5 Å². The van der Waals surface area contributed by atoms with Gasteiger partial charge in [0.05, 0.1) is 0 Å². The standard InChI is InChI=1S/C25H31NO2/c1-2-6-22(7-3-1)26(16-19-10-11-19)17-20-12-14-21(15-13-20)25-18-27-23-8-4-5-9-24(23)28-25/h4-5,8-9,12-15,19,22,25H,1-3,6-7,10-11,16-18H2. The van der Waals surface area contributed by atoms with Gasteiger partial charge in [-0.3, -0.25) is 4.90 Å². The summed E-state index contributed by atoms with van der Waals surface area (Å²) in [6, 6.07) is 17.8. The highest BCUT2D eigenvalue weighted by molar-refractivity contribution is 5.41. The Balaban J connectivity index is 1.25. The first-order valence-electron chi connectivity index (χ1n) is 11.1. The molecule has 2 aromatic rings. The molecule has 0 spiro atoms. The lowest BCUT2D eigenvalue weighted by molar-refractivity contribution is 0.0912. The number of hydrogen-bond donors (Lipinski definition) is 0. The highest BCUT2D eigenvalue weighted by Gasteiger charge is 2.29. The van der Waals surface area contributed by atoms with Crippen molar-refractivity contribution in [3.05, 3.63) is 59.7 Å². The fraction of sp³-hybridized carbons (Fsp3) is 0.520. The van der Waals surface area contributed by atoms with E-state index in [4.69, 9.17) is 9.47 Å². The maximum absolute atomic E-state index is 6.16. The van der Waals surface area contributed by atoms with Gasteiger partial charge in [0.2, 0.25) is 0 Å². The minimum Gasteiger partial charge on any atom is -0.485 e. The monoisotopic (exact) mass is 377 g/mol. The summed E-state index contributed by atoms with van der Waals surface area (Å²) in [6.07, 6.45) is 9.86. The van der Waals surface area contributed by atoms with Gasteiger partial charge in [0.15, 0.2) is 17.6 Å². The van der Waals surface area contributed by atoms with Crippen LogP contribution in [0.3, 0.4) is 0 Å². The number of para-hydroxylation sites is 2. The van der Waals surface area contributed by atoms with Crippen LogP contribution >= 0.6 is 0 Å². The van der Waals surface area contributed by atoms with Crippen molar-refractivity contribution in [1.82, 2.24) is 4.90 Å². The Morgan fingerprint density at radius 1 is 0.821 bits per heavy atom. The van der Waals surface area contributed by atoms with Gasteiger partial charge in [-0.25, -0.2) is 0 Å². The average Bonchev–Trinajstić information content (AvgIpc) is 3.58. The zero-order chi connectivity index (χ0) is 18.8. The SMILES string of the molecule is c1ccc2c(c1)OCC(c1ccc(CN(CC3CC3)C3CCCCC3)cc1)O2. The van der Waals surface area contributed by atoms with Gasteiger partial charge in [-0.15, -0.1) is 0 Å². The van der Waals surface area contributed by atoms with E-state index < -0.39 is 0 Å². The van der Waals surface area contributed by atoms with E-state index in [1.807, 2.05) is 24.3 Å². The molecule has 2 aliphatic carbocycles. The van der Waals surface area contributed by atoms with Crippen LogP contribution in [0.4, 0.5) is 0 Å². The molecule has 148 valence electrons. The van der Waals surface area contributed by atoms with Crippen LogP contribution in [-0.2, 0) is 6.54 Å². The van der Waals surface area contributed by atoms with E-state index in [2.05, 4.69) is 29.2 Å². The largest absolute Gasteiger partial charge is 0.485 e. The molecule has 1 atom stereocenters. The first kappa shape index (κ1) is 18.1. The van der Waals surface area contributed by atoms with Crippen LogP contribution in [0.25, 0.3) is 0 Å². The maximum atomic E-state index is 6.16. The zero-order valence-corrected chi connectivity index (χ0v) is 16.7. The molecular weight excluding hydrogens is 346 g/mol. The maximum Gasteiger partial charge on any atom is 0.162 e. The van der Waals surface area contributed by atoms with Gasteiger partial charge in [0, 0.05) is 19.1 Å². The van der Waals surface area contributed by atoms with Gasteiger partial charge < -0.3 is 9.47 Å². The Morgan fingerprint density at radius 3 is 2.32 bits per heavy atom. The second-order valence-electron chi connectivity index (χ2n) is 8.77. The molecule has 1 aliphatic heterocycles. The highest BCUT2D eigenvalue weighted by Crippen LogP contribution is 2.36. The van der Waals surface area contributed by atoms with Crippen LogP contribution in [0.5, 0.6) is 11.5 Å². The quantitative estimate of drug-likeness (QED) is 0.640. The molecule has 3 heteroatoms. The summed E-state index contributed by atoms with van der Waals surface area (Å²) in [7, 11) is 0. The fourth-order valence-corrected chi connectivity index (χ4v) is 4.68. The molecule has 0 aromatic heterocycles. The van der Waals surface area contributed by atoms with Crippen molar-refractivity contribution < 1.29 is 9.47 Å². The van der Waals surface area contributed by atoms with Crippen molar-refractivity contribution in [1.29, 1.82) is 0 Å². The van der Waals surface area contributed by atoms with Crippen molar-refractivity contribution in [2.24, 2.45) is 5.92 Å². The summed E-state index contributed by atoms with van der Waals surface area (Å²) in [5.74, 6) is 2.64. The summed E-state index contributed by atoms with van der Waals surface area (Å²) in [5.41, 5.74) is 2.62. The van der Waals surface area contributed by atoms with Gasteiger partial charge in [-0.2, -0.15) is 0 Å². The summed E-state index contributed by atoms with van der Waals surface area (Å²) in [5, 5.41) is 0. The molecule has 28 heavy (non-hydrogen) atoms. The van der Waals surface area contributed by atoms with E-state index in [1.165, 1.54) is 62.6 Å². The normalized spacial score (nSPS) is 22.4. The van der Waals surface area contributed by atoms with Crippen LogP contribution in [0.2, 0.25) is 0 Å². The fourth-order valence-electron chi connectivity index (χ4n) is 4.68. The molecule has 3 nitrogen and oxygen atoms in total. The van der Waals surface area contributed by atoms with Crippen molar-refractivity contribution in [3.63, 3.8) is 0 Å². The number of benzene rings is 2. The van der Waals surface area contributed by atoms with Gasteiger partial charge in [0.1, 0.15) is 6.61 Å². The molecule has 0 saturated heterocycles. The van der Waals surface area contributed by atoms with Crippen molar-refractivity contribution in [2.45, 2.75) is 63.6 Å². The smallest absolute Gasteiger partial charge is 0.162 e. The lowest BCUT2D eigenvalue weighted by Crippen LogP contribution is -2.37. The molecule has 0 amide bonds. The molecule has 1 heterocycles. The van der Waals surface area contributed by atoms with Crippen LogP contribution in [0.15, 0.2) is 48.5 Å². The third-order valence-electron chi connectivity index (χ3n) is 6.53. The predicted octanol–water partition coefficient (Wildman–Crippen LogP) is 5.74. The van der Waals surface area contributed by atoms with Gasteiger partial charge >= 0.3 is 0 Å². The van der Waals surface area contributed by atoms with E-state index in [9.17, 15) is 0 Å². The molecule has 0 bridgehead atoms. The summed E-state index contributed by atoms with van der Waals surface area (Å²) < 4.78 is 12.0. The molecule has 0 N–H and O–H groups in total. The van der Waals surface area contributed by atoms with E-state index in [1.54, 1.807) is 0 Å². The molecule has 2 aromatic carbocycles. The van der Waals surface area contributed by atoms with Gasteiger partial charge in [0.25, 0.3) is 0 Å². The molecular formula is C25H31NO2. The Morgan fingerprint density at radius 2 is 1.57 bits per heavy atom. The van der Waals surface area contributed by atoms with E-state index in [0.29, 0.717) is 6.61 Å². The Bertz CT molecular complexity index is 777. The topological polar surface area (TPSA) is 21.7 Å². The second-order valence-corrected chi connectivity index (χ2v) is 8.77. The second kappa shape index (κ2) is 8.16. The van der Waals surface area contributed by atoms with Crippen LogP contribution in [0, 0.1) is 5.92 Å². The number of ether oxygens (including phenoxy) is 2. The van der Waals surface area contributed by atoms with Gasteiger partial charge in [-0.05, 0) is 54.9 Å². The molecule has 1 unspecified atom stereocenters. The summed E-state index contributed by atoms with van der Waals surface area (Å²) in [4.78, 5) is 2.78. The van der Waals surface area contributed by atoms with E-state index in [0.717, 1.165) is 30.0 Å². The summed E-state index contributed by atoms with van der Waals surface area (Å²) >= 11 is 0. The summed E-state index contributed by atoms with van der Waals surface area (Å²) in [6.45, 7) is 2.96. The molecule has 3 aliphatic rings. The zero-order valence-electron chi connectivity index (χ0n) is 16.7. The number of hydrogen-bond acceptors (Lipinski definition) is 3. The molecule has 5 rings (SSSR count). The minimum absolute atomic E-state index is 0.0233.